The third kappa shape index (κ3) is 6.47. The van der Waals surface area contributed by atoms with Crippen LogP contribution in [-0.4, -0.2) is 38.8 Å². The van der Waals surface area contributed by atoms with E-state index in [2.05, 4.69) is 53.4 Å². The van der Waals surface area contributed by atoms with Gasteiger partial charge in [-0.1, -0.05) is 53.7 Å². The van der Waals surface area contributed by atoms with Crippen LogP contribution in [0, 0.1) is 11.8 Å². The summed E-state index contributed by atoms with van der Waals surface area (Å²) >= 11 is 0. The number of rotatable bonds is 9. The topological polar surface area (TPSA) is 38.7 Å². The highest BCUT2D eigenvalue weighted by molar-refractivity contribution is 6.74. The Balaban J connectivity index is 5.58. The Hall–Kier alpha value is -0.423. The molecule has 0 rings (SSSR count). The maximum atomic E-state index is 10.3. The number of hydrogen-bond acceptors (Lipinski definition) is 3. The Bertz CT molecular complexity index is 421. The molecule has 0 aromatic rings. The fourth-order valence-electron chi connectivity index (χ4n) is 2.49. The van der Waals surface area contributed by atoms with Gasteiger partial charge in [0.2, 0.25) is 0 Å². The van der Waals surface area contributed by atoms with Crippen molar-refractivity contribution in [2.45, 2.75) is 84.9 Å². The third-order valence-electron chi connectivity index (χ3n) is 5.21. The summed E-state index contributed by atoms with van der Waals surface area (Å²) in [6, 6.07) is 0. The Morgan fingerprint density at radius 2 is 1.67 bits per heavy atom. The molecule has 0 saturated carbocycles. The van der Waals surface area contributed by atoms with Crippen molar-refractivity contribution >= 4 is 8.32 Å². The molecule has 142 valence electrons. The van der Waals surface area contributed by atoms with Gasteiger partial charge in [-0.2, -0.15) is 0 Å². The summed E-state index contributed by atoms with van der Waals surface area (Å²) in [4.78, 5) is 0. The summed E-state index contributed by atoms with van der Waals surface area (Å²) in [7, 11) is -0.251. The Kier molecular flexibility index (Phi) is 9.16. The van der Waals surface area contributed by atoms with Gasteiger partial charge in [0.1, 0.15) is 6.10 Å². The van der Waals surface area contributed by atoms with Crippen LogP contribution in [0.5, 0.6) is 0 Å². The molecule has 0 saturated heterocycles. The maximum Gasteiger partial charge on any atom is 0.192 e. The molecule has 0 unspecified atom stereocenters. The highest BCUT2D eigenvalue weighted by atomic mass is 28.4. The van der Waals surface area contributed by atoms with Crippen molar-refractivity contribution in [3.8, 4) is 0 Å². The molecular weight excluding hydrogens is 316 g/mol. The first kappa shape index (κ1) is 23.6. The fraction of sp³-hybridized carbons (Fsp3) is 0.800. The fourth-order valence-corrected chi connectivity index (χ4v) is 3.87. The van der Waals surface area contributed by atoms with E-state index in [0.29, 0.717) is 0 Å². The van der Waals surface area contributed by atoms with Crippen LogP contribution >= 0.6 is 0 Å². The lowest BCUT2D eigenvalue weighted by Gasteiger charge is -2.42. The maximum absolute atomic E-state index is 10.3. The van der Waals surface area contributed by atoms with Gasteiger partial charge in [-0.25, -0.2) is 0 Å². The lowest BCUT2D eigenvalue weighted by atomic mass is 9.93. The Labute approximate surface area is 151 Å². The van der Waals surface area contributed by atoms with Crippen LogP contribution < -0.4 is 0 Å². The first-order chi connectivity index (χ1) is 10.8. The van der Waals surface area contributed by atoms with E-state index in [4.69, 9.17) is 9.16 Å². The molecule has 0 bridgehead atoms. The molecule has 0 aromatic heterocycles. The van der Waals surface area contributed by atoms with Crippen molar-refractivity contribution < 1.29 is 14.3 Å². The molecule has 0 aliphatic rings. The Morgan fingerprint density at radius 3 is 2.00 bits per heavy atom. The van der Waals surface area contributed by atoms with E-state index in [-0.39, 0.29) is 29.1 Å². The minimum absolute atomic E-state index is 0.109. The highest BCUT2D eigenvalue weighted by Gasteiger charge is 2.41. The quantitative estimate of drug-likeness (QED) is 0.457. The van der Waals surface area contributed by atoms with Crippen molar-refractivity contribution in [2.24, 2.45) is 11.8 Å². The van der Waals surface area contributed by atoms with E-state index in [1.54, 1.807) is 7.11 Å². The van der Waals surface area contributed by atoms with Crippen LogP contribution in [0.25, 0.3) is 0 Å². The SMILES string of the molecule is C=C[C@H](OC)[C@@H](O[Si](C)(C)C(C)(C)C)[C@H](C)/C=C(/C)[C@H](O)C(C)C. The average molecular weight is 357 g/mol. The van der Waals surface area contributed by atoms with Gasteiger partial charge in [-0.05, 0) is 36.5 Å². The molecule has 0 aliphatic heterocycles. The van der Waals surface area contributed by atoms with Gasteiger partial charge in [-0.15, -0.1) is 6.58 Å². The molecule has 0 fully saturated rings. The third-order valence-corrected chi connectivity index (χ3v) is 9.68. The predicted octanol–water partition coefficient (Wildman–Crippen LogP) is 5.18. The predicted molar refractivity (Wildman–Crippen MR) is 107 cm³/mol. The summed E-state index contributed by atoms with van der Waals surface area (Å²) in [6.07, 6.45) is 3.23. The zero-order valence-electron chi connectivity index (χ0n) is 17.5. The molecule has 24 heavy (non-hydrogen) atoms. The molecule has 4 atom stereocenters. The molecule has 1 N–H and O–H groups in total. The van der Waals surface area contributed by atoms with Crippen LogP contribution in [0.1, 0.15) is 48.5 Å². The summed E-state index contributed by atoms with van der Waals surface area (Å²) in [5.41, 5.74) is 0.986. The second-order valence-electron chi connectivity index (χ2n) is 8.74. The van der Waals surface area contributed by atoms with Gasteiger partial charge in [0.25, 0.3) is 0 Å². The zero-order chi connectivity index (χ0) is 19.3. The van der Waals surface area contributed by atoms with E-state index in [1.807, 2.05) is 26.8 Å². The molecule has 0 heterocycles. The number of aliphatic hydroxyl groups is 1. The standard InChI is InChI=1S/C20H40O3Si/c1-12-17(22-9)19(23-24(10,11)20(6,7)8)16(5)13-15(4)18(21)14(2)3/h12-14,16-19,21H,1H2,2-11H3/b15-13-/t16-,17+,18-,19+/m1/s1. The van der Waals surface area contributed by atoms with Crippen molar-refractivity contribution in [1.29, 1.82) is 0 Å². The molecule has 0 aliphatic carbocycles. The minimum atomic E-state index is -1.95. The monoisotopic (exact) mass is 356 g/mol. The van der Waals surface area contributed by atoms with E-state index in [9.17, 15) is 5.11 Å². The van der Waals surface area contributed by atoms with E-state index in [1.165, 1.54) is 0 Å². The molecule has 0 amide bonds. The number of methoxy groups -OCH3 is 1. The van der Waals surface area contributed by atoms with Crippen molar-refractivity contribution in [3.05, 3.63) is 24.3 Å². The van der Waals surface area contributed by atoms with Crippen molar-refractivity contribution in [1.82, 2.24) is 0 Å². The lowest BCUT2D eigenvalue weighted by Crippen LogP contribution is -2.49. The molecule has 0 radical (unpaired) electrons. The van der Waals surface area contributed by atoms with Gasteiger partial charge in [0.05, 0.1) is 12.2 Å². The summed E-state index contributed by atoms with van der Waals surface area (Å²) < 4.78 is 12.3. The first-order valence-electron chi connectivity index (χ1n) is 8.98. The molecule has 4 heteroatoms. The summed E-state index contributed by atoms with van der Waals surface area (Å²) in [6.45, 7) is 23.3. The largest absolute Gasteiger partial charge is 0.410 e. The molecule has 3 nitrogen and oxygen atoms in total. The smallest absolute Gasteiger partial charge is 0.192 e. The van der Waals surface area contributed by atoms with Gasteiger partial charge in [0.15, 0.2) is 8.32 Å². The number of ether oxygens (including phenoxy) is 1. The number of aliphatic hydroxyl groups excluding tert-OH is 1. The van der Waals surface area contributed by atoms with Crippen molar-refractivity contribution in [2.75, 3.05) is 7.11 Å². The summed E-state index contributed by atoms with van der Waals surface area (Å²) in [5.74, 6) is 0.321. The normalized spacial score (nSPS) is 19.1. The highest BCUT2D eigenvalue weighted by Crippen LogP contribution is 2.39. The Morgan fingerprint density at radius 1 is 1.17 bits per heavy atom. The minimum Gasteiger partial charge on any atom is -0.410 e. The van der Waals surface area contributed by atoms with Crippen LogP contribution in [0.2, 0.25) is 18.1 Å². The van der Waals surface area contributed by atoms with Crippen LogP contribution in [0.3, 0.4) is 0 Å². The molecule has 0 spiro atoms. The van der Waals surface area contributed by atoms with E-state index >= 15 is 0 Å². The second kappa shape index (κ2) is 9.32. The average Bonchev–Trinajstić information content (AvgIpc) is 2.44. The van der Waals surface area contributed by atoms with Gasteiger partial charge < -0.3 is 14.3 Å². The lowest BCUT2D eigenvalue weighted by molar-refractivity contribution is 0.00566. The van der Waals surface area contributed by atoms with Gasteiger partial charge in [0, 0.05) is 13.0 Å². The van der Waals surface area contributed by atoms with Crippen LogP contribution in [-0.2, 0) is 9.16 Å². The van der Waals surface area contributed by atoms with Crippen molar-refractivity contribution in [3.63, 3.8) is 0 Å². The summed E-state index contributed by atoms with van der Waals surface area (Å²) in [5, 5.41) is 10.4. The van der Waals surface area contributed by atoms with Gasteiger partial charge in [-0.3, -0.25) is 0 Å². The zero-order valence-corrected chi connectivity index (χ0v) is 18.5. The van der Waals surface area contributed by atoms with Crippen LogP contribution in [0.15, 0.2) is 24.3 Å². The first-order valence-corrected chi connectivity index (χ1v) is 11.9. The molecular formula is C20H40O3Si. The second-order valence-corrected chi connectivity index (χ2v) is 13.5. The van der Waals surface area contributed by atoms with Gasteiger partial charge >= 0.3 is 0 Å². The van der Waals surface area contributed by atoms with E-state index < -0.39 is 14.4 Å². The van der Waals surface area contributed by atoms with E-state index in [0.717, 1.165) is 5.57 Å². The van der Waals surface area contributed by atoms with Crippen LogP contribution in [0.4, 0.5) is 0 Å². The molecule has 0 aromatic carbocycles. The number of hydrogen-bond donors (Lipinski definition) is 1.